The highest BCUT2D eigenvalue weighted by molar-refractivity contribution is 5.82. The van der Waals surface area contributed by atoms with E-state index in [1.54, 1.807) is 6.08 Å². The average Bonchev–Trinajstić information content (AvgIpc) is 2.74. The molecule has 0 radical (unpaired) electrons. The first-order chi connectivity index (χ1) is 14.9. The van der Waals surface area contributed by atoms with Crippen molar-refractivity contribution >= 4 is 5.97 Å². The van der Waals surface area contributed by atoms with Crippen LogP contribution in [0.1, 0.15) is 40.5 Å². The van der Waals surface area contributed by atoms with Crippen LogP contribution in [-0.2, 0) is 19.0 Å². The zero-order valence-corrected chi connectivity index (χ0v) is 19.0. The van der Waals surface area contributed by atoms with Gasteiger partial charge in [0.2, 0.25) is 0 Å². The summed E-state index contributed by atoms with van der Waals surface area (Å²) < 4.78 is 16.7. The van der Waals surface area contributed by atoms with Crippen LogP contribution in [0, 0.1) is 5.92 Å². The van der Waals surface area contributed by atoms with Crippen LogP contribution in [0.4, 0.5) is 0 Å². The second kappa shape index (κ2) is 11.5. The van der Waals surface area contributed by atoms with Crippen molar-refractivity contribution in [2.75, 3.05) is 6.61 Å². The number of ether oxygens (including phenoxy) is 3. The van der Waals surface area contributed by atoms with E-state index in [4.69, 9.17) is 14.2 Å². The second-order valence-corrected chi connectivity index (χ2v) is 8.82. The zero-order valence-electron chi connectivity index (χ0n) is 19.0. The smallest absolute Gasteiger partial charge is 0.330 e. The van der Waals surface area contributed by atoms with Gasteiger partial charge in [0.15, 0.2) is 6.29 Å². The number of aliphatic hydroxyl groups is 5. The predicted molar refractivity (Wildman–Crippen MR) is 115 cm³/mol. The molecule has 0 saturated carbocycles. The van der Waals surface area contributed by atoms with Crippen LogP contribution in [0.3, 0.4) is 0 Å². The monoisotopic (exact) mass is 456 g/mol. The highest BCUT2D eigenvalue weighted by Crippen LogP contribution is 2.26. The maximum Gasteiger partial charge on any atom is 0.330 e. The number of hydrogen-bond donors (Lipinski definition) is 5. The molecule has 182 valence electrons. The summed E-state index contributed by atoms with van der Waals surface area (Å²) in [6.07, 6.45) is 0.782. The van der Waals surface area contributed by atoms with Crippen LogP contribution in [0.2, 0.25) is 0 Å². The van der Waals surface area contributed by atoms with Gasteiger partial charge >= 0.3 is 5.97 Å². The molecule has 0 aromatic rings. The minimum atomic E-state index is -1.56. The van der Waals surface area contributed by atoms with Gasteiger partial charge in [-0.25, -0.2) is 4.79 Å². The van der Waals surface area contributed by atoms with Crippen molar-refractivity contribution in [1.82, 2.24) is 0 Å². The Balaban J connectivity index is 2.30. The van der Waals surface area contributed by atoms with E-state index in [0.29, 0.717) is 6.42 Å². The highest BCUT2D eigenvalue weighted by atomic mass is 16.7. The van der Waals surface area contributed by atoms with Gasteiger partial charge in [0.1, 0.15) is 30.5 Å². The summed E-state index contributed by atoms with van der Waals surface area (Å²) in [5.41, 5.74) is -0.721. The Kier molecular flexibility index (Phi) is 9.59. The average molecular weight is 457 g/mol. The lowest BCUT2D eigenvalue weighted by atomic mass is 9.97. The maximum atomic E-state index is 12.0. The number of aliphatic hydroxyl groups excluding tert-OH is 4. The number of rotatable bonds is 3. The molecule has 0 aromatic carbocycles. The van der Waals surface area contributed by atoms with Crippen molar-refractivity contribution < 1.29 is 44.5 Å². The molecule has 5 N–H and O–H groups in total. The molecule has 2 aliphatic heterocycles. The Hall–Kier alpha value is -1.59. The standard InChI is InChI=1S/C23H36O9/c1-13-6-5-7-14(2)16(8-10-23(4,29)11-9-18(25)30-15(13)3)31-22-21(28)20(27)19(26)17(12-24)32-22/h7-11,13,15-17,19-22,24,26-29H,5-6,12H2,1-4H3. The Morgan fingerprint density at radius 2 is 1.84 bits per heavy atom. The van der Waals surface area contributed by atoms with Gasteiger partial charge < -0.3 is 39.7 Å². The van der Waals surface area contributed by atoms with Gasteiger partial charge in [0.25, 0.3) is 0 Å². The molecule has 0 aliphatic carbocycles. The largest absolute Gasteiger partial charge is 0.459 e. The second-order valence-electron chi connectivity index (χ2n) is 8.82. The van der Waals surface area contributed by atoms with Crippen molar-refractivity contribution in [2.45, 2.75) is 89.1 Å². The van der Waals surface area contributed by atoms with Crippen molar-refractivity contribution in [3.63, 3.8) is 0 Å². The van der Waals surface area contributed by atoms with Gasteiger partial charge in [-0.2, -0.15) is 0 Å². The van der Waals surface area contributed by atoms with Gasteiger partial charge in [-0.1, -0.05) is 25.2 Å². The summed E-state index contributed by atoms with van der Waals surface area (Å²) in [5, 5.41) is 50.3. The fourth-order valence-electron chi connectivity index (χ4n) is 3.47. The van der Waals surface area contributed by atoms with Gasteiger partial charge in [-0.05, 0) is 51.2 Å². The summed E-state index contributed by atoms with van der Waals surface area (Å²) in [6, 6.07) is 0. The normalized spacial score (nSPS) is 42.2. The lowest BCUT2D eigenvalue weighted by Gasteiger charge is -2.40. The summed E-state index contributed by atoms with van der Waals surface area (Å²) in [6.45, 7) is 6.54. The molecule has 2 rings (SSSR count). The molecule has 32 heavy (non-hydrogen) atoms. The number of esters is 1. The molecule has 0 spiro atoms. The Morgan fingerprint density at radius 3 is 2.50 bits per heavy atom. The minimum Gasteiger partial charge on any atom is -0.459 e. The molecule has 0 bridgehead atoms. The summed E-state index contributed by atoms with van der Waals surface area (Å²) in [4.78, 5) is 12.0. The van der Waals surface area contributed by atoms with E-state index in [0.717, 1.165) is 12.0 Å². The van der Waals surface area contributed by atoms with Gasteiger partial charge in [-0.3, -0.25) is 0 Å². The third-order valence-electron chi connectivity index (χ3n) is 5.93. The summed E-state index contributed by atoms with van der Waals surface area (Å²) in [7, 11) is 0. The van der Waals surface area contributed by atoms with E-state index >= 15 is 0 Å². The van der Waals surface area contributed by atoms with Crippen molar-refractivity contribution in [3.8, 4) is 0 Å². The van der Waals surface area contributed by atoms with Crippen molar-refractivity contribution in [3.05, 3.63) is 36.0 Å². The molecule has 9 unspecified atom stereocenters. The lowest BCUT2D eigenvalue weighted by molar-refractivity contribution is -0.305. The minimum absolute atomic E-state index is 0.0974. The summed E-state index contributed by atoms with van der Waals surface area (Å²) in [5.74, 6) is -0.448. The van der Waals surface area contributed by atoms with Crippen molar-refractivity contribution in [1.29, 1.82) is 0 Å². The molecule has 0 aromatic heterocycles. The van der Waals surface area contributed by atoms with Crippen LogP contribution in [0.25, 0.3) is 0 Å². The number of hydrogen-bond acceptors (Lipinski definition) is 9. The molecular weight excluding hydrogens is 420 g/mol. The Morgan fingerprint density at radius 1 is 1.16 bits per heavy atom. The topological polar surface area (TPSA) is 146 Å². The molecule has 0 amide bonds. The third kappa shape index (κ3) is 7.21. The molecular formula is C23H36O9. The lowest BCUT2D eigenvalue weighted by Crippen LogP contribution is -2.59. The fourth-order valence-corrected chi connectivity index (χ4v) is 3.47. The molecule has 9 nitrogen and oxygen atoms in total. The van der Waals surface area contributed by atoms with Gasteiger partial charge in [-0.15, -0.1) is 0 Å². The molecule has 9 heteroatoms. The van der Waals surface area contributed by atoms with Crippen LogP contribution >= 0.6 is 0 Å². The fraction of sp³-hybridized carbons (Fsp3) is 0.696. The van der Waals surface area contributed by atoms with E-state index in [-0.39, 0.29) is 12.0 Å². The number of cyclic esters (lactones) is 1. The number of carbonyl (C=O) groups is 1. The molecule has 2 heterocycles. The summed E-state index contributed by atoms with van der Waals surface area (Å²) >= 11 is 0. The number of allylic oxidation sites excluding steroid dienone is 1. The molecule has 1 fully saturated rings. The molecule has 9 atom stereocenters. The van der Waals surface area contributed by atoms with Crippen LogP contribution in [-0.4, -0.2) is 86.6 Å². The third-order valence-corrected chi connectivity index (χ3v) is 5.93. The van der Waals surface area contributed by atoms with Crippen LogP contribution in [0.5, 0.6) is 0 Å². The quantitative estimate of drug-likeness (QED) is 0.300. The van der Waals surface area contributed by atoms with Gasteiger partial charge in [0, 0.05) is 6.08 Å². The first-order valence-electron chi connectivity index (χ1n) is 10.9. The SMILES string of the molecule is CC1=CCCC(C)C(C)OC(=O)C=CC(C)(O)C=CC1OC1OC(CO)C(O)C(O)C1O. The molecule has 1 saturated heterocycles. The van der Waals surface area contributed by atoms with E-state index in [1.807, 2.05) is 26.8 Å². The molecule has 2 aliphatic rings. The predicted octanol–water partition coefficient (Wildman–Crippen LogP) is 0.343. The van der Waals surface area contributed by atoms with Gasteiger partial charge in [0.05, 0.1) is 18.3 Å². The van der Waals surface area contributed by atoms with Crippen molar-refractivity contribution in [2.24, 2.45) is 5.92 Å². The van der Waals surface area contributed by atoms with E-state index in [2.05, 4.69) is 0 Å². The first-order valence-corrected chi connectivity index (χ1v) is 10.9. The van der Waals surface area contributed by atoms with E-state index in [1.165, 1.54) is 25.2 Å². The van der Waals surface area contributed by atoms with E-state index < -0.39 is 55.0 Å². The zero-order chi connectivity index (χ0) is 24.1. The maximum absolute atomic E-state index is 12.0. The first kappa shape index (κ1) is 26.7. The van der Waals surface area contributed by atoms with Crippen LogP contribution < -0.4 is 0 Å². The Bertz CT molecular complexity index is 712. The van der Waals surface area contributed by atoms with Crippen LogP contribution in [0.15, 0.2) is 36.0 Å². The number of carbonyl (C=O) groups excluding carboxylic acids is 1. The Labute approximate surface area is 188 Å². The highest BCUT2D eigenvalue weighted by Gasteiger charge is 2.44. The van der Waals surface area contributed by atoms with E-state index in [9.17, 15) is 30.3 Å².